The molecule has 0 bridgehead atoms. The third-order valence-electron chi connectivity index (χ3n) is 4.92. The Hall–Kier alpha value is -3.30. The normalized spacial score (nSPS) is 15.4. The number of ether oxygens (including phenoxy) is 2. The van der Waals surface area contributed by atoms with E-state index >= 15 is 0 Å². The standard InChI is InChI=1S/C24H23ClN2O6S/c1-4-14(2)33-17-8-5-15(6-9-17)11-20-22(29)27(24(31)34-20)13-21(28)26-16-7-10-19(25)18(12-16)23(30)32-3/h5-12,14H,4,13H2,1-3H3,(H,26,28)/b20-11-/t14-/m1/s1. The molecule has 0 radical (unpaired) electrons. The van der Waals surface area contributed by atoms with E-state index in [-0.39, 0.29) is 27.3 Å². The fraction of sp³-hybridized carbons (Fsp3) is 0.250. The van der Waals surface area contributed by atoms with Crippen LogP contribution in [0.3, 0.4) is 0 Å². The zero-order valence-electron chi connectivity index (χ0n) is 18.8. The van der Waals surface area contributed by atoms with Crippen molar-refractivity contribution >= 4 is 58.1 Å². The van der Waals surface area contributed by atoms with Crippen molar-refractivity contribution in [1.29, 1.82) is 0 Å². The minimum atomic E-state index is -0.656. The van der Waals surface area contributed by atoms with Crippen LogP contribution in [0.25, 0.3) is 6.08 Å². The van der Waals surface area contributed by atoms with Gasteiger partial charge in [-0.25, -0.2) is 4.79 Å². The number of hydrogen-bond acceptors (Lipinski definition) is 7. The summed E-state index contributed by atoms with van der Waals surface area (Å²) in [6.07, 6.45) is 2.57. The maximum absolute atomic E-state index is 12.7. The van der Waals surface area contributed by atoms with Gasteiger partial charge in [-0.1, -0.05) is 30.7 Å². The van der Waals surface area contributed by atoms with E-state index in [1.54, 1.807) is 30.3 Å². The molecule has 0 saturated carbocycles. The van der Waals surface area contributed by atoms with Gasteiger partial charge in [0, 0.05) is 5.69 Å². The SMILES string of the molecule is CC[C@@H](C)Oc1ccc(/C=C2\SC(=O)N(CC(=O)Nc3ccc(Cl)c(C(=O)OC)c3)C2=O)cc1. The van der Waals surface area contributed by atoms with Gasteiger partial charge in [-0.2, -0.15) is 0 Å². The molecule has 1 N–H and O–H groups in total. The van der Waals surface area contributed by atoms with Crippen molar-refractivity contribution in [3.8, 4) is 5.75 Å². The monoisotopic (exact) mass is 502 g/mol. The first-order chi connectivity index (χ1) is 16.2. The summed E-state index contributed by atoms with van der Waals surface area (Å²) < 4.78 is 10.4. The lowest BCUT2D eigenvalue weighted by Crippen LogP contribution is -2.36. The van der Waals surface area contributed by atoms with Crippen LogP contribution in [-0.4, -0.2) is 47.7 Å². The number of carbonyl (C=O) groups is 4. The lowest BCUT2D eigenvalue weighted by molar-refractivity contribution is -0.127. The number of methoxy groups -OCH3 is 1. The molecule has 178 valence electrons. The third kappa shape index (κ3) is 6.18. The lowest BCUT2D eigenvalue weighted by atomic mass is 10.2. The van der Waals surface area contributed by atoms with Crippen LogP contribution in [0, 0.1) is 0 Å². The number of nitrogens with one attached hydrogen (secondary N) is 1. The number of anilines is 1. The van der Waals surface area contributed by atoms with Gasteiger partial charge in [0.15, 0.2) is 0 Å². The highest BCUT2D eigenvalue weighted by atomic mass is 35.5. The predicted molar refractivity (Wildman–Crippen MR) is 131 cm³/mol. The first-order valence-corrected chi connectivity index (χ1v) is 11.6. The van der Waals surface area contributed by atoms with Crippen LogP contribution in [0.2, 0.25) is 5.02 Å². The zero-order chi connectivity index (χ0) is 24.8. The summed E-state index contributed by atoms with van der Waals surface area (Å²) in [5, 5.41) is 2.17. The van der Waals surface area contributed by atoms with Gasteiger partial charge in [0.05, 0.1) is 28.7 Å². The van der Waals surface area contributed by atoms with Gasteiger partial charge in [-0.3, -0.25) is 19.3 Å². The second-order valence-corrected chi connectivity index (χ2v) is 8.81. The quantitative estimate of drug-likeness (QED) is 0.401. The number of esters is 1. The fourth-order valence-corrected chi connectivity index (χ4v) is 3.99. The van der Waals surface area contributed by atoms with Crippen LogP contribution in [0.1, 0.15) is 36.2 Å². The molecular formula is C24H23ClN2O6S. The highest BCUT2D eigenvalue weighted by Crippen LogP contribution is 2.32. The molecule has 1 aliphatic rings. The maximum Gasteiger partial charge on any atom is 0.339 e. The van der Waals surface area contributed by atoms with E-state index < -0.39 is 29.6 Å². The molecule has 10 heteroatoms. The smallest absolute Gasteiger partial charge is 0.339 e. The second kappa shape index (κ2) is 11.2. The van der Waals surface area contributed by atoms with Crippen LogP contribution >= 0.6 is 23.4 Å². The van der Waals surface area contributed by atoms with E-state index in [2.05, 4.69) is 10.1 Å². The van der Waals surface area contributed by atoms with Crippen molar-refractivity contribution in [1.82, 2.24) is 4.90 Å². The number of hydrogen-bond donors (Lipinski definition) is 1. The topological polar surface area (TPSA) is 102 Å². The Morgan fingerprint density at radius 3 is 2.53 bits per heavy atom. The molecule has 0 aromatic heterocycles. The molecule has 8 nitrogen and oxygen atoms in total. The number of amides is 3. The number of imide groups is 1. The van der Waals surface area contributed by atoms with E-state index in [9.17, 15) is 19.2 Å². The van der Waals surface area contributed by atoms with Gasteiger partial charge in [0.2, 0.25) is 5.91 Å². The Balaban J connectivity index is 1.66. The van der Waals surface area contributed by atoms with E-state index in [4.69, 9.17) is 16.3 Å². The van der Waals surface area contributed by atoms with E-state index in [1.165, 1.54) is 25.3 Å². The van der Waals surface area contributed by atoms with Gasteiger partial charge >= 0.3 is 5.97 Å². The zero-order valence-corrected chi connectivity index (χ0v) is 20.4. The summed E-state index contributed by atoms with van der Waals surface area (Å²) in [6.45, 7) is 3.54. The van der Waals surface area contributed by atoms with Crippen molar-refractivity contribution in [2.45, 2.75) is 26.4 Å². The molecule has 1 saturated heterocycles. The molecule has 3 rings (SSSR count). The van der Waals surface area contributed by atoms with Crippen LogP contribution in [-0.2, 0) is 14.3 Å². The van der Waals surface area contributed by atoms with Gasteiger partial charge in [-0.15, -0.1) is 0 Å². The molecular weight excluding hydrogens is 480 g/mol. The Kier molecular flexibility index (Phi) is 8.36. The summed E-state index contributed by atoms with van der Waals surface area (Å²) in [6, 6.07) is 11.5. The number of rotatable bonds is 8. The molecule has 34 heavy (non-hydrogen) atoms. The van der Waals surface area contributed by atoms with Crippen molar-refractivity contribution in [3.63, 3.8) is 0 Å². The minimum Gasteiger partial charge on any atom is -0.491 e. The predicted octanol–water partition coefficient (Wildman–Crippen LogP) is 4.98. The largest absolute Gasteiger partial charge is 0.491 e. The highest BCUT2D eigenvalue weighted by molar-refractivity contribution is 8.18. The molecule has 2 aromatic carbocycles. The molecule has 1 atom stereocenters. The summed E-state index contributed by atoms with van der Waals surface area (Å²) in [7, 11) is 1.21. The summed E-state index contributed by atoms with van der Waals surface area (Å²) in [4.78, 5) is 50.4. The Morgan fingerprint density at radius 1 is 1.18 bits per heavy atom. The summed E-state index contributed by atoms with van der Waals surface area (Å²) in [5.41, 5.74) is 1.08. The van der Waals surface area contributed by atoms with Gasteiger partial charge < -0.3 is 14.8 Å². The average Bonchev–Trinajstić information content (AvgIpc) is 3.08. The van der Waals surface area contributed by atoms with Crippen LogP contribution in [0.5, 0.6) is 5.75 Å². The van der Waals surface area contributed by atoms with Gasteiger partial charge in [0.1, 0.15) is 12.3 Å². The van der Waals surface area contributed by atoms with Crippen molar-refractivity contribution < 1.29 is 28.7 Å². The van der Waals surface area contributed by atoms with Crippen LogP contribution in [0.4, 0.5) is 10.5 Å². The van der Waals surface area contributed by atoms with Gasteiger partial charge in [0.25, 0.3) is 11.1 Å². The number of thioether (sulfide) groups is 1. The minimum absolute atomic E-state index is 0.0802. The van der Waals surface area contributed by atoms with Crippen LogP contribution < -0.4 is 10.1 Å². The molecule has 1 aliphatic heterocycles. The molecule has 2 aromatic rings. The molecule has 3 amide bonds. The first-order valence-electron chi connectivity index (χ1n) is 10.4. The second-order valence-electron chi connectivity index (χ2n) is 7.41. The molecule has 1 fully saturated rings. The van der Waals surface area contributed by atoms with Crippen molar-refractivity contribution in [3.05, 3.63) is 63.5 Å². The van der Waals surface area contributed by atoms with E-state index in [0.717, 1.165) is 28.6 Å². The number of benzene rings is 2. The Labute approximate surface area is 206 Å². The Morgan fingerprint density at radius 2 is 1.88 bits per heavy atom. The molecule has 0 unspecified atom stereocenters. The van der Waals surface area contributed by atoms with Gasteiger partial charge in [-0.05, 0) is 67.1 Å². The maximum atomic E-state index is 12.7. The number of carbonyl (C=O) groups excluding carboxylic acids is 4. The molecule has 1 heterocycles. The summed E-state index contributed by atoms with van der Waals surface area (Å²) in [5.74, 6) is -1.10. The van der Waals surface area contributed by atoms with E-state index in [0.29, 0.717) is 5.75 Å². The number of halogens is 1. The van der Waals surface area contributed by atoms with E-state index in [1.807, 2.05) is 13.8 Å². The third-order valence-corrected chi connectivity index (χ3v) is 6.16. The average molecular weight is 503 g/mol. The van der Waals surface area contributed by atoms with Crippen molar-refractivity contribution in [2.24, 2.45) is 0 Å². The Bertz CT molecular complexity index is 1150. The number of nitrogens with zero attached hydrogens (tertiary/aromatic N) is 1. The highest BCUT2D eigenvalue weighted by Gasteiger charge is 2.36. The van der Waals surface area contributed by atoms with Crippen molar-refractivity contribution in [2.75, 3.05) is 19.0 Å². The lowest BCUT2D eigenvalue weighted by Gasteiger charge is -2.13. The molecule has 0 spiro atoms. The molecule has 0 aliphatic carbocycles. The fourth-order valence-electron chi connectivity index (χ4n) is 2.96. The summed E-state index contributed by atoms with van der Waals surface area (Å²) >= 11 is 6.74. The van der Waals surface area contributed by atoms with Crippen LogP contribution in [0.15, 0.2) is 47.4 Å². The first kappa shape index (κ1) is 25.3.